The van der Waals surface area contributed by atoms with Crippen LogP contribution < -0.4 is 20.1 Å². The van der Waals surface area contributed by atoms with Gasteiger partial charge in [0, 0.05) is 12.5 Å². The molecule has 0 spiro atoms. The maximum atomic E-state index is 5.91. The molecule has 0 aliphatic heterocycles. The Labute approximate surface area is 209 Å². The van der Waals surface area contributed by atoms with Gasteiger partial charge in [-0.2, -0.15) is 4.98 Å². The van der Waals surface area contributed by atoms with Crippen molar-refractivity contribution in [1.29, 1.82) is 0 Å². The molecule has 8 nitrogen and oxygen atoms in total. The van der Waals surface area contributed by atoms with Crippen molar-refractivity contribution < 1.29 is 14.0 Å². The Morgan fingerprint density at radius 3 is 2.34 bits per heavy atom. The third-order valence-electron chi connectivity index (χ3n) is 4.49. The van der Waals surface area contributed by atoms with E-state index in [2.05, 4.69) is 46.5 Å². The number of rotatable bonds is 10. The lowest BCUT2D eigenvalue weighted by atomic mass is 9.97. The van der Waals surface area contributed by atoms with E-state index in [4.69, 9.17) is 14.0 Å². The van der Waals surface area contributed by atoms with Gasteiger partial charge in [-0.1, -0.05) is 45.8 Å². The molecule has 1 atom stereocenters. The lowest BCUT2D eigenvalue weighted by molar-refractivity contribution is 0.268. The predicted octanol–water partition coefficient (Wildman–Crippen LogP) is 4.99. The lowest BCUT2D eigenvalue weighted by Gasteiger charge is -2.20. The summed E-state index contributed by atoms with van der Waals surface area (Å²) in [6.45, 7) is 14.1. The summed E-state index contributed by atoms with van der Waals surface area (Å²) in [6.07, 6.45) is 1.89. The Bertz CT molecular complexity index is 848. The molecule has 0 radical (unpaired) electrons. The number of guanidine groups is 1. The number of benzene rings is 1. The van der Waals surface area contributed by atoms with Crippen LogP contribution in [0, 0.1) is 0 Å². The number of halogens is 1. The first-order valence-corrected chi connectivity index (χ1v) is 11.0. The Morgan fingerprint density at radius 2 is 1.78 bits per heavy atom. The molecule has 1 unspecified atom stereocenters. The lowest BCUT2D eigenvalue weighted by Crippen LogP contribution is -2.38. The zero-order valence-electron chi connectivity index (χ0n) is 20.3. The molecule has 2 rings (SSSR count). The fraction of sp³-hybridized carbons (Fsp3) is 0.609. The van der Waals surface area contributed by atoms with Gasteiger partial charge in [0.15, 0.2) is 23.3 Å². The smallest absolute Gasteiger partial charge is 0.232 e. The summed E-state index contributed by atoms with van der Waals surface area (Å²) in [6, 6.07) is 6.05. The topological polar surface area (TPSA) is 93.8 Å². The van der Waals surface area contributed by atoms with Crippen LogP contribution in [0.1, 0.15) is 77.7 Å². The first-order valence-electron chi connectivity index (χ1n) is 11.0. The van der Waals surface area contributed by atoms with Crippen LogP contribution in [-0.4, -0.2) is 36.4 Å². The van der Waals surface area contributed by atoms with Crippen molar-refractivity contribution in [2.75, 3.05) is 20.3 Å². The molecule has 0 saturated carbocycles. The summed E-state index contributed by atoms with van der Waals surface area (Å²) in [5.41, 5.74) is 0.900. The van der Waals surface area contributed by atoms with Crippen LogP contribution >= 0.6 is 24.0 Å². The number of ether oxygens (including phenoxy) is 2. The second-order valence-electron chi connectivity index (χ2n) is 8.46. The van der Waals surface area contributed by atoms with E-state index in [1.165, 1.54) is 0 Å². The molecular weight excluding hydrogens is 521 g/mol. The highest BCUT2D eigenvalue weighted by molar-refractivity contribution is 14.0. The second-order valence-corrected chi connectivity index (χ2v) is 8.46. The van der Waals surface area contributed by atoms with Crippen molar-refractivity contribution in [3.63, 3.8) is 0 Å². The highest BCUT2D eigenvalue weighted by Crippen LogP contribution is 2.31. The van der Waals surface area contributed by atoms with Crippen molar-refractivity contribution in [2.45, 2.75) is 72.4 Å². The minimum Gasteiger partial charge on any atom is -0.490 e. The standard InChI is InChI=1S/C23H37N5O3.HI/c1-8-12-29-18-11-10-17(14-19(18)30-13-9-2)16(3)26-22(24-7)25-15-20-27-21(31-28-20)23(4,5)6;/h10-11,14,16H,8-9,12-13,15H2,1-7H3,(H2,24,25,26);1H. The van der Waals surface area contributed by atoms with Crippen molar-refractivity contribution >= 4 is 29.9 Å². The van der Waals surface area contributed by atoms with Gasteiger partial charge in [-0.3, -0.25) is 4.99 Å². The van der Waals surface area contributed by atoms with Gasteiger partial charge in [-0.05, 0) is 37.5 Å². The molecule has 0 fully saturated rings. The fourth-order valence-electron chi connectivity index (χ4n) is 2.73. The van der Waals surface area contributed by atoms with Gasteiger partial charge < -0.3 is 24.6 Å². The zero-order chi connectivity index (χ0) is 22.9. The van der Waals surface area contributed by atoms with Gasteiger partial charge in [0.1, 0.15) is 0 Å². The van der Waals surface area contributed by atoms with E-state index in [1.54, 1.807) is 7.05 Å². The van der Waals surface area contributed by atoms with Crippen molar-refractivity contribution in [3.05, 3.63) is 35.5 Å². The molecule has 0 amide bonds. The monoisotopic (exact) mass is 559 g/mol. The van der Waals surface area contributed by atoms with E-state index in [1.807, 2.05) is 39.0 Å². The van der Waals surface area contributed by atoms with Crippen LogP contribution in [0.3, 0.4) is 0 Å². The highest BCUT2D eigenvalue weighted by Gasteiger charge is 2.21. The van der Waals surface area contributed by atoms with Crippen molar-refractivity contribution in [3.8, 4) is 11.5 Å². The van der Waals surface area contributed by atoms with Gasteiger partial charge in [0.25, 0.3) is 0 Å². The van der Waals surface area contributed by atoms with Crippen molar-refractivity contribution in [2.24, 2.45) is 4.99 Å². The SMILES string of the molecule is CCCOc1ccc(C(C)NC(=NC)NCc2noc(C(C)(C)C)n2)cc1OCCC.I. The van der Waals surface area contributed by atoms with Gasteiger partial charge in [0.05, 0.1) is 25.8 Å². The Kier molecular flexibility index (Phi) is 11.8. The van der Waals surface area contributed by atoms with E-state index in [9.17, 15) is 0 Å². The highest BCUT2D eigenvalue weighted by atomic mass is 127. The van der Waals surface area contributed by atoms with Crippen LogP contribution in [0.2, 0.25) is 0 Å². The number of hydrogen-bond donors (Lipinski definition) is 2. The average molecular weight is 559 g/mol. The van der Waals surface area contributed by atoms with Gasteiger partial charge in [0.2, 0.25) is 5.89 Å². The number of aromatic nitrogens is 2. The minimum atomic E-state index is -0.176. The molecule has 0 aliphatic rings. The molecule has 0 aliphatic carbocycles. The van der Waals surface area contributed by atoms with Gasteiger partial charge in [-0.15, -0.1) is 24.0 Å². The molecule has 2 aromatic rings. The summed E-state index contributed by atoms with van der Waals surface area (Å²) < 4.78 is 17.1. The van der Waals surface area contributed by atoms with Crippen molar-refractivity contribution in [1.82, 2.24) is 20.8 Å². The molecule has 1 aromatic heterocycles. The fourth-order valence-corrected chi connectivity index (χ4v) is 2.73. The molecule has 9 heteroatoms. The maximum Gasteiger partial charge on any atom is 0.232 e. The van der Waals surface area contributed by atoms with E-state index in [0.717, 1.165) is 29.9 Å². The van der Waals surface area contributed by atoms with Crippen LogP contribution in [0.25, 0.3) is 0 Å². The third kappa shape index (κ3) is 8.48. The number of aliphatic imine (C=N–C) groups is 1. The van der Waals surface area contributed by atoms with E-state index >= 15 is 0 Å². The number of hydrogen-bond acceptors (Lipinski definition) is 6. The van der Waals surface area contributed by atoms with Crippen LogP contribution in [-0.2, 0) is 12.0 Å². The molecule has 180 valence electrons. The molecular formula is C23H38IN5O3. The Morgan fingerprint density at radius 1 is 1.12 bits per heavy atom. The van der Waals surface area contributed by atoms with Gasteiger partial charge in [-0.25, -0.2) is 0 Å². The first-order chi connectivity index (χ1) is 14.8. The molecule has 32 heavy (non-hydrogen) atoms. The molecule has 0 saturated heterocycles. The van der Waals surface area contributed by atoms with Gasteiger partial charge >= 0.3 is 0 Å². The molecule has 2 N–H and O–H groups in total. The normalized spacial score (nSPS) is 12.7. The molecule has 0 bridgehead atoms. The van der Waals surface area contributed by atoms with Crippen LogP contribution in [0.15, 0.2) is 27.7 Å². The van der Waals surface area contributed by atoms with E-state index < -0.39 is 0 Å². The maximum absolute atomic E-state index is 5.91. The number of nitrogens with zero attached hydrogens (tertiary/aromatic N) is 3. The van der Waals surface area contributed by atoms with Crippen LogP contribution in [0.5, 0.6) is 11.5 Å². The van der Waals surface area contributed by atoms with E-state index in [-0.39, 0.29) is 35.4 Å². The average Bonchev–Trinajstić information content (AvgIpc) is 3.23. The number of nitrogens with one attached hydrogen (secondary N) is 2. The zero-order valence-corrected chi connectivity index (χ0v) is 22.6. The Hall–Kier alpha value is -2.04. The first kappa shape index (κ1) is 28.0. The Balaban J connectivity index is 0.00000512. The summed E-state index contributed by atoms with van der Waals surface area (Å²) >= 11 is 0. The second kappa shape index (κ2) is 13.5. The quantitative estimate of drug-likeness (QED) is 0.241. The third-order valence-corrected chi connectivity index (χ3v) is 4.49. The summed E-state index contributed by atoms with van der Waals surface area (Å²) in [5.74, 6) is 3.40. The summed E-state index contributed by atoms with van der Waals surface area (Å²) in [4.78, 5) is 8.75. The predicted molar refractivity (Wildman–Crippen MR) is 138 cm³/mol. The largest absolute Gasteiger partial charge is 0.490 e. The summed E-state index contributed by atoms with van der Waals surface area (Å²) in [5, 5.41) is 10.7. The molecule has 1 aromatic carbocycles. The molecule has 1 heterocycles. The van der Waals surface area contributed by atoms with Crippen LogP contribution in [0.4, 0.5) is 0 Å². The summed E-state index contributed by atoms with van der Waals surface area (Å²) in [7, 11) is 1.73. The minimum absolute atomic E-state index is 0. The van der Waals surface area contributed by atoms with E-state index in [0.29, 0.717) is 37.4 Å².